The number of esters is 1. The average molecular weight is 244 g/mol. The van der Waals surface area contributed by atoms with Crippen LogP contribution in [0.3, 0.4) is 0 Å². The Hall–Kier alpha value is -0.610. The first-order valence-electron chi connectivity index (χ1n) is 6.21. The van der Waals surface area contributed by atoms with Crippen LogP contribution in [0.4, 0.5) is 0 Å². The van der Waals surface area contributed by atoms with Crippen LogP contribution in [0.25, 0.3) is 0 Å². The van der Waals surface area contributed by atoms with E-state index in [1.165, 1.54) is 0 Å². The summed E-state index contributed by atoms with van der Waals surface area (Å²) in [6.45, 7) is 9.33. The predicted octanol–water partition coefficient (Wildman–Crippen LogP) is 1.34. The Bertz CT molecular complexity index is 282. The lowest BCUT2D eigenvalue weighted by molar-refractivity contribution is -0.181. The van der Waals surface area contributed by atoms with Crippen molar-refractivity contribution in [1.82, 2.24) is 0 Å². The largest absolute Gasteiger partial charge is 0.462 e. The third kappa shape index (κ3) is 3.19. The fraction of sp³-hybridized carbons (Fsp3) is 0.923. The molecule has 0 aromatic heterocycles. The van der Waals surface area contributed by atoms with E-state index in [1.807, 2.05) is 27.7 Å². The Labute approximate surface area is 103 Å². The highest BCUT2D eigenvalue weighted by molar-refractivity contribution is 5.73. The van der Waals surface area contributed by atoms with Crippen LogP contribution in [-0.2, 0) is 9.53 Å². The number of carbonyl (C=O) groups excluding carboxylic acids is 1. The molecule has 100 valence electrons. The summed E-state index contributed by atoms with van der Waals surface area (Å²) in [5.74, 6) is -0.991. The molecular formula is C13H24O4. The molecule has 0 radical (unpaired) electrons. The van der Waals surface area contributed by atoms with E-state index in [-0.39, 0.29) is 17.3 Å². The van der Waals surface area contributed by atoms with Gasteiger partial charge in [0.25, 0.3) is 0 Å². The van der Waals surface area contributed by atoms with Crippen molar-refractivity contribution in [1.29, 1.82) is 0 Å². The van der Waals surface area contributed by atoms with Crippen molar-refractivity contribution in [2.45, 2.75) is 59.4 Å². The molecule has 0 aliphatic carbocycles. The van der Waals surface area contributed by atoms with Crippen molar-refractivity contribution < 1.29 is 19.7 Å². The molecule has 0 aromatic rings. The first-order chi connectivity index (χ1) is 7.64. The van der Waals surface area contributed by atoms with Gasteiger partial charge in [-0.1, -0.05) is 27.7 Å². The van der Waals surface area contributed by atoms with Gasteiger partial charge in [0.1, 0.15) is 6.10 Å². The molecule has 0 aromatic carbocycles. The molecule has 0 spiro atoms. The number of hydrogen-bond acceptors (Lipinski definition) is 4. The molecule has 1 heterocycles. The van der Waals surface area contributed by atoms with Crippen molar-refractivity contribution in [3.8, 4) is 0 Å². The molecule has 0 amide bonds. The zero-order valence-corrected chi connectivity index (χ0v) is 11.3. The zero-order valence-electron chi connectivity index (χ0n) is 11.3. The van der Waals surface area contributed by atoms with E-state index >= 15 is 0 Å². The molecule has 1 aliphatic heterocycles. The lowest BCUT2D eigenvalue weighted by atomic mass is 9.79. The second-order valence-electron chi connectivity index (χ2n) is 6.23. The van der Waals surface area contributed by atoms with Crippen molar-refractivity contribution in [2.24, 2.45) is 17.3 Å². The van der Waals surface area contributed by atoms with E-state index in [1.54, 1.807) is 6.92 Å². The molecule has 2 N–H and O–H groups in total. The van der Waals surface area contributed by atoms with Crippen LogP contribution in [0.1, 0.15) is 41.0 Å². The highest BCUT2D eigenvalue weighted by Crippen LogP contribution is 2.32. The summed E-state index contributed by atoms with van der Waals surface area (Å²) in [6.07, 6.45) is -1.26. The van der Waals surface area contributed by atoms with Crippen molar-refractivity contribution in [3.63, 3.8) is 0 Å². The van der Waals surface area contributed by atoms with Gasteiger partial charge >= 0.3 is 5.97 Å². The number of rotatable bonds is 2. The maximum Gasteiger partial charge on any atom is 0.311 e. The Balaban J connectivity index is 2.69. The van der Waals surface area contributed by atoms with Gasteiger partial charge in [-0.05, 0) is 12.3 Å². The molecular weight excluding hydrogens is 220 g/mol. The van der Waals surface area contributed by atoms with E-state index in [4.69, 9.17) is 4.74 Å². The summed E-state index contributed by atoms with van der Waals surface area (Å²) < 4.78 is 5.29. The molecule has 0 bridgehead atoms. The summed E-state index contributed by atoms with van der Waals surface area (Å²) in [6, 6.07) is 0. The molecule has 17 heavy (non-hydrogen) atoms. The summed E-state index contributed by atoms with van der Waals surface area (Å²) in [5.41, 5.74) is -0.250. The van der Waals surface area contributed by atoms with E-state index in [2.05, 4.69) is 0 Å². The topological polar surface area (TPSA) is 66.8 Å². The van der Waals surface area contributed by atoms with Gasteiger partial charge in [-0.3, -0.25) is 4.79 Å². The Morgan fingerprint density at radius 1 is 1.35 bits per heavy atom. The number of hydrogen-bond donors (Lipinski definition) is 2. The van der Waals surface area contributed by atoms with Gasteiger partial charge in [0.05, 0.1) is 18.1 Å². The molecule has 1 aliphatic rings. The van der Waals surface area contributed by atoms with E-state index in [0.29, 0.717) is 6.42 Å². The first-order valence-corrected chi connectivity index (χ1v) is 6.21. The fourth-order valence-electron chi connectivity index (χ4n) is 2.01. The number of cyclic esters (lactones) is 1. The van der Waals surface area contributed by atoms with Gasteiger partial charge in [0.15, 0.2) is 0 Å². The molecule has 4 nitrogen and oxygen atoms in total. The molecule has 0 saturated carbocycles. The van der Waals surface area contributed by atoms with Crippen molar-refractivity contribution in [2.75, 3.05) is 0 Å². The highest BCUT2D eigenvalue weighted by Gasteiger charge is 2.42. The maximum absolute atomic E-state index is 11.5. The van der Waals surface area contributed by atoms with Gasteiger partial charge < -0.3 is 14.9 Å². The second kappa shape index (κ2) is 4.94. The number of carbonyl (C=O) groups is 1. The predicted molar refractivity (Wildman–Crippen MR) is 64.3 cm³/mol. The average Bonchev–Trinajstić information content (AvgIpc) is 2.21. The summed E-state index contributed by atoms with van der Waals surface area (Å²) in [5, 5.41) is 19.9. The minimum absolute atomic E-state index is 0.139. The van der Waals surface area contributed by atoms with Gasteiger partial charge in [-0.15, -0.1) is 0 Å². The summed E-state index contributed by atoms with van der Waals surface area (Å²) in [7, 11) is 0. The van der Waals surface area contributed by atoms with Crippen molar-refractivity contribution in [3.05, 3.63) is 0 Å². The Kier molecular flexibility index (Phi) is 4.20. The van der Waals surface area contributed by atoms with Crippen molar-refractivity contribution >= 4 is 5.97 Å². The monoisotopic (exact) mass is 244 g/mol. The minimum atomic E-state index is -0.687. The van der Waals surface area contributed by atoms with Gasteiger partial charge in [-0.25, -0.2) is 0 Å². The van der Waals surface area contributed by atoms with Gasteiger partial charge in [-0.2, -0.15) is 0 Å². The van der Waals surface area contributed by atoms with Crippen LogP contribution in [0.2, 0.25) is 0 Å². The Morgan fingerprint density at radius 3 is 2.35 bits per heavy atom. The molecule has 1 fully saturated rings. The normalized spacial score (nSPS) is 36.5. The number of aliphatic hydroxyl groups excluding tert-OH is 2. The third-order valence-electron chi connectivity index (χ3n) is 3.73. The number of ether oxygens (including phenoxy) is 1. The van der Waals surface area contributed by atoms with E-state index < -0.39 is 24.2 Å². The third-order valence-corrected chi connectivity index (χ3v) is 3.73. The highest BCUT2D eigenvalue weighted by atomic mass is 16.5. The Morgan fingerprint density at radius 2 is 1.88 bits per heavy atom. The standard InChI is InChI=1S/C13H24O4/c1-7-9(6-10(14)13(3,4)5)17-12(16)8(2)11(7)15/h7-11,14-15H,6H2,1-5H3/t7-,8+,9-,10-,11-/m0/s1. The van der Waals surface area contributed by atoms with Crippen LogP contribution in [0, 0.1) is 17.3 Å². The quantitative estimate of drug-likeness (QED) is 0.719. The molecule has 1 rings (SSSR count). The van der Waals surface area contributed by atoms with Crippen LogP contribution in [-0.4, -0.2) is 34.5 Å². The SMILES string of the molecule is C[C@@H]1[C@H](O)[C@@H](C)C(=O)O[C@H]1C[C@H](O)C(C)(C)C. The van der Waals surface area contributed by atoms with E-state index in [9.17, 15) is 15.0 Å². The summed E-state index contributed by atoms with van der Waals surface area (Å²) in [4.78, 5) is 11.5. The fourth-order valence-corrected chi connectivity index (χ4v) is 2.01. The van der Waals surface area contributed by atoms with Crippen LogP contribution >= 0.6 is 0 Å². The maximum atomic E-state index is 11.5. The van der Waals surface area contributed by atoms with Gasteiger partial charge in [0, 0.05) is 12.3 Å². The van der Waals surface area contributed by atoms with Crippen LogP contribution in [0.15, 0.2) is 0 Å². The first kappa shape index (κ1) is 14.5. The van der Waals surface area contributed by atoms with Crippen LogP contribution < -0.4 is 0 Å². The zero-order chi connectivity index (χ0) is 13.4. The molecule has 4 heteroatoms. The number of aliphatic hydroxyl groups is 2. The lowest BCUT2D eigenvalue weighted by Gasteiger charge is -2.39. The smallest absolute Gasteiger partial charge is 0.311 e. The molecule has 1 saturated heterocycles. The van der Waals surface area contributed by atoms with Crippen LogP contribution in [0.5, 0.6) is 0 Å². The lowest BCUT2D eigenvalue weighted by Crippen LogP contribution is -2.48. The second-order valence-corrected chi connectivity index (χ2v) is 6.23. The molecule has 0 unspecified atom stereocenters. The minimum Gasteiger partial charge on any atom is -0.462 e. The van der Waals surface area contributed by atoms with Gasteiger partial charge in [0.2, 0.25) is 0 Å². The van der Waals surface area contributed by atoms with E-state index in [0.717, 1.165) is 0 Å². The molecule has 5 atom stereocenters. The summed E-state index contributed by atoms with van der Waals surface area (Å²) >= 11 is 0.